The average molecular weight is 334 g/mol. The minimum absolute atomic E-state index is 0.00731. The average Bonchev–Trinajstić information content (AvgIpc) is 3.15. The van der Waals surface area contributed by atoms with Gasteiger partial charge < -0.3 is 10.6 Å². The predicted molar refractivity (Wildman–Crippen MR) is 87.3 cm³/mol. The van der Waals surface area contributed by atoms with Crippen molar-refractivity contribution in [1.29, 1.82) is 0 Å². The summed E-state index contributed by atoms with van der Waals surface area (Å²) in [4.78, 5) is 12.1. The van der Waals surface area contributed by atoms with Crippen LogP contribution in [0.1, 0.15) is 6.42 Å². The smallest absolute Gasteiger partial charge is 0.319 e. The Hall–Kier alpha value is -2.35. The molecule has 0 saturated carbocycles. The van der Waals surface area contributed by atoms with Crippen LogP contribution in [0.2, 0.25) is 0 Å². The normalized spacial score (nSPS) is 19.4. The number of carbonyl (C=O) groups is 1. The number of carbonyl (C=O) groups excluding carboxylic acids is 1. The number of amides is 2. The van der Waals surface area contributed by atoms with E-state index in [0.717, 1.165) is 5.69 Å². The molecule has 8 heteroatoms. The fourth-order valence-corrected chi connectivity index (χ4v) is 4.49. The number of hydrogen-bond acceptors (Lipinski definition) is 4. The van der Waals surface area contributed by atoms with Gasteiger partial charge in [0.2, 0.25) is 0 Å². The Morgan fingerprint density at radius 2 is 2.13 bits per heavy atom. The van der Waals surface area contributed by atoms with Crippen LogP contribution in [0, 0.1) is 5.92 Å². The second kappa shape index (κ2) is 6.41. The van der Waals surface area contributed by atoms with Gasteiger partial charge in [0.25, 0.3) is 0 Å². The maximum absolute atomic E-state index is 12.1. The number of hydrogen-bond donors (Lipinski definition) is 2. The molecule has 1 saturated heterocycles. The second-order valence-corrected chi connectivity index (χ2v) is 7.80. The summed E-state index contributed by atoms with van der Waals surface area (Å²) < 4.78 is 24.5. The van der Waals surface area contributed by atoms with Crippen LogP contribution in [0.15, 0.2) is 42.7 Å². The van der Waals surface area contributed by atoms with Crippen LogP contribution in [-0.4, -0.2) is 42.3 Å². The lowest BCUT2D eigenvalue weighted by Crippen LogP contribution is -2.33. The third-order valence-corrected chi connectivity index (χ3v) is 5.62. The van der Waals surface area contributed by atoms with Crippen LogP contribution in [0.3, 0.4) is 0 Å². The van der Waals surface area contributed by atoms with Crippen molar-refractivity contribution in [3.63, 3.8) is 0 Å². The van der Waals surface area contributed by atoms with Crippen molar-refractivity contribution in [2.24, 2.45) is 5.92 Å². The van der Waals surface area contributed by atoms with Crippen LogP contribution in [0.5, 0.6) is 0 Å². The molecule has 1 fully saturated rings. The Kier molecular flexibility index (Phi) is 4.33. The zero-order valence-electron chi connectivity index (χ0n) is 12.5. The van der Waals surface area contributed by atoms with E-state index in [2.05, 4.69) is 15.7 Å². The summed E-state index contributed by atoms with van der Waals surface area (Å²) in [6.07, 6.45) is 4.06. The van der Waals surface area contributed by atoms with Gasteiger partial charge in [-0.05, 0) is 30.5 Å². The van der Waals surface area contributed by atoms with E-state index in [1.165, 1.54) is 0 Å². The van der Waals surface area contributed by atoms with E-state index in [1.54, 1.807) is 29.2 Å². The summed E-state index contributed by atoms with van der Waals surface area (Å²) in [5.41, 5.74) is 1.39. The molecule has 2 aromatic rings. The molecule has 1 atom stereocenters. The van der Waals surface area contributed by atoms with Crippen LogP contribution in [0.4, 0.5) is 10.5 Å². The molecule has 1 aromatic carbocycles. The minimum Gasteiger partial charge on any atom is -0.338 e. The van der Waals surface area contributed by atoms with Crippen molar-refractivity contribution in [3.05, 3.63) is 42.7 Å². The Morgan fingerprint density at radius 3 is 2.83 bits per heavy atom. The number of anilines is 1. The van der Waals surface area contributed by atoms with Gasteiger partial charge in [0.15, 0.2) is 9.84 Å². The number of nitrogens with zero attached hydrogens (tertiary/aromatic N) is 2. The number of nitrogens with one attached hydrogen (secondary N) is 2. The quantitative estimate of drug-likeness (QED) is 0.884. The lowest BCUT2D eigenvalue weighted by Gasteiger charge is -2.13. The molecule has 0 aliphatic carbocycles. The topological polar surface area (TPSA) is 93.1 Å². The van der Waals surface area contributed by atoms with Gasteiger partial charge in [-0.25, -0.2) is 17.9 Å². The van der Waals surface area contributed by atoms with Gasteiger partial charge in [0, 0.05) is 18.9 Å². The van der Waals surface area contributed by atoms with Crippen molar-refractivity contribution in [3.8, 4) is 5.69 Å². The van der Waals surface area contributed by atoms with Gasteiger partial charge >= 0.3 is 6.03 Å². The molecule has 3 rings (SSSR count). The van der Waals surface area contributed by atoms with Gasteiger partial charge in [0.1, 0.15) is 0 Å². The summed E-state index contributed by atoms with van der Waals surface area (Å²) in [6.45, 7) is 0.356. The molecule has 0 bridgehead atoms. The molecular formula is C15H18N4O3S. The zero-order valence-corrected chi connectivity index (χ0v) is 13.3. The van der Waals surface area contributed by atoms with Crippen LogP contribution >= 0.6 is 0 Å². The SMILES string of the molecule is O=C(NCC1CCS(=O)(=O)C1)Nc1ccccc1-n1cccn1. The molecule has 1 aliphatic heterocycles. The highest BCUT2D eigenvalue weighted by Crippen LogP contribution is 2.19. The van der Waals surface area contributed by atoms with E-state index in [1.807, 2.05) is 18.2 Å². The van der Waals surface area contributed by atoms with E-state index in [4.69, 9.17) is 0 Å². The molecule has 1 aromatic heterocycles. The van der Waals surface area contributed by atoms with Crippen LogP contribution in [0.25, 0.3) is 5.69 Å². The predicted octanol–water partition coefficient (Wildman–Crippen LogP) is 1.43. The molecule has 122 valence electrons. The van der Waals surface area contributed by atoms with Gasteiger partial charge in [-0.2, -0.15) is 5.10 Å². The highest BCUT2D eigenvalue weighted by Gasteiger charge is 2.27. The standard InChI is InChI=1S/C15H18N4O3S/c20-15(16-10-12-6-9-23(21,22)11-12)18-13-4-1-2-5-14(13)19-8-3-7-17-19/h1-5,7-8,12H,6,9-11H2,(H2,16,18,20). The van der Waals surface area contributed by atoms with Crippen molar-refractivity contribution in [2.45, 2.75) is 6.42 Å². The Labute approximate surface area is 134 Å². The largest absolute Gasteiger partial charge is 0.338 e. The molecule has 1 unspecified atom stereocenters. The van der Waals surface area contributed by atoms with Crippen LogP contribution < -0.4 is 10.6 Å². The lowest BCUT2D eigenvalue weighted by molar-refractivity contribution is 0.250. The Morgan fingerprint density at radius 1 is 1.30 bits per heavy atom. The maximum Gasteiger partial charge on any atom is 0.319 e. The molecule has 23 heavy (non-hydrogen) atoms. The highest BCUT2D eigenvalue weighted by atomic mass is 32.2. The molecule has 2 heterocycles. The fraction of sp³-hybridized carbons (Fsp3) is 0.333. The fourth-order valence-electron chi connectivity index (χ4n) is 2.63. The van der Waals surface area contributed by atoms with Crippen molar-refractivity contribution < 1.29 is 13.2 Å². The summed E-state index contributed by atoms with van der Waals surface area (Å²) in [7, 11) is -2.92. The zero-order chi connectivity index (χ0) is 16.3. The summed E-state index contributed by atoms with van der Waals surface area (Å²) in [5, 5.41) is 9.68. The van der Waals surface area contributed by atoms with Gasteiger partial charge in [-0.15, -0.1) is 0 Å². The first-order valence-corrected chi connectivity index (χ1v) is 9.20. The Balaban J connectivity index is 1.61. The highest BCUT2D eigenvalue weighted by molar-refractivity contribution is 7.91. The molecule has 0 spiro atoms. The molecule has 7 nitrogen and oxygen atoms in total. The van der Waals surface area contributed by atoms with E-state index in [0.29, 0.717) is 18.7 Å². The summed E-state index contributed by atoms with van der Waals surface area (Å²) >= 11 is 0. The van der Waals surface area contributed by atoms with Crippen LogP contribution in [-0.2, 0) is 9.84 Å². The molecule has 1 aliphatic rings. The summed E-state index contributed by atoms with van der Waals surface area (Å²) in [5.74, 6) is 0.354. The molecule has 2 amide bonds. The van der Waals surface area contributed by atoms with Crippen molar-refractivity contribution >= 4 is 21.6 Å². The van der Waals surface area contributed by atoms with E-state index < -0.39 is 9.84 Å². The monoisotopic (exact) mass is 334 g/mol. The first-order valence-electron chi connectivity index (χ1n) is 7.38. The first-order chi connectivity index (χ1) is 11.0. The number of urea groups is 1. The minimum atomic E-state index is -2.92. The Bertz CT molecular complexity index is 787. The molecule has 0 radical (unpaired) electrons. The number of rotatable bonds is 4. The number of benzene rings is 1. The van der Waals surface area contributed by atoms with Crippen molar-refractivity contribution in [1.82, 2.24) is 15.1 Å². The number of sulfone groups is 1. The maximum atomic E-state index is 12.1. The van der Waals surface area contributed by atoms with Gasteiger partial charge in [-0.1, -0.05) is 12.1 Å². The van der Waals surface area contributed by atoms with Gasteiger partial charge in [0.05, 0.1) is 22.9 Å². The molecule has 2 N–H and O–H groups in total. The van der Waals surface area contributed by atoms with E-state index in [9.17, 15) is 13.2 Å². The first kappa shape index (κ1) is 15.5. The number of aromatic nitrogens is 2. The molecular weight excluding hydrogens is 316 g/mol. The van der Waals surface area contributed by atoms with E-state index in [-0.39, 0.29) is 23.5 Å². The third kappa shape index (κ3) is 3.89. The van der Waals surface area contributed by atoms with Gasteiger partial charge in [-0.3, -0.25) is 0 Å². The number of para-hydroxylation sites is 2. The second-order valence-electron chi connectivity index (χ2n) is 5.57. The van der Waals surface area contributed by atoms with E-state index >= 15 is 0 Å². The van der Waals surface area contributed by atoms with Crippen molar-refractivity contribution in [2.75, 3.05) is 23.4 Å². The third-order valence-electron chi connectivity index (χ3n) is 3.78. The lowest BCUT2D eigenvalue weighted by atomic mass is 10.1. The summed E-state index contributed by atoms with van der Waals surface area (Å²) in [6, 6.07) is 8.78.